The van der Waals surface area contributed by atoms with E-state index >= 15 is 0 Å². The molecule has 0 spiro atoms. The molecule has 5 rings (SSSR count). The molecule has 0 aromatic heterocycles. The van der Waals surface area contributed by atoms with Gasteiger partial charge >= 0.3 is 6.18 Å². The Labute approximate surface area is 273 Å². The fourth-order valence-electron chi connectivity index (χ4n) is 5.16. The van der Waals surface area contributed by atoms with Crippen LogP contribution in [0.1, 0.15) is 40.3 Å². The van der Waals surface area contributed by atoms with Gasteiger partial charge in [0.05, 0.1) is 12.2 Å². The van der Waals surface area contributed by atoms with Crippen LogP contribution in [0.15, 0.2) is 102 Å². The van der Waals surface area contributed by atoms with E-state index in [2.05, 4.69) is 10.9 Å². The molecule has 1 aliphatic heterocycles. The smallest absolute Gasteiger partial charge is 0.416 e. The van der Waals surface area contributed by atoms with Gasteiger partial charge in [0.25, 0.3) is 5.91 Å². The van der Waals surface area contributed by atoms with Crippen molar-refractivity contribution < 1.29 is 32.5 Å². The average Bonchev–Trinajstić information content (AvgIpc) is 3.41. The molecule has 0 saturated carbocycles. The Morgan fingerprint density at radius 2 is 1.70 bits per heavy atom. The highest BCUT2D eigenvalue weighted by atomic mass is 35.5. The number of benzene rings is 4. The topological polar surface area (TPSA) is 92.2 Å². The first-order chi connectivity index (χ1) is 22.1. The molecule has 4 aromatic carbocycles. The van der Waals surface area contributed by atoms with E-state index in [0.717, 1.165) is 11.6 Å². The molecule has 0 aliphatic carbocycles. The van der Waals surface area contributed by atoms with Crippen LogP contribution in [-0.4, -0.2) is 35.7 Å². The predicted octanol–water partition coefficient (Wildman–Crippen LogP) is 7.09. The zero-order valence-corrected chi connectivity index (χ0v) is 25.9. The molecule has 1 amide bonds. The molecule has 1 heterocycles. The number of ether oxygens (including phenoxy) is 2. The SMILES string of the molecule is O=C(NNCc1ccccc1C(F)(F)F)[C@@]1(Cc2ccccc2)N=C(c2ccc(OCCCO)cc2)O[C@H]1c1ccc(Cl)cc1Cl. The van der Waals surface area contributed by atoms with Crippen molar-refractivity contribution >= 4 is 35.0 Å². The first kappa shape index (κ1) is 33.3. The summed E-state index contributed by atoms with van der Waals surface area (Å²) in [7, 11) is 0. The van der Waals surface area contributed by atoms with Crippen molar-refractivity contribution in [2.75, 3.05) is 13.2 Å². The fraction of sp³-hybridized carbons (Fsp3) is 0.235. The number of rotatable bonds is 12. The van der Waals surface area contributed by atoms with Gasteiger partial charge in [0.1, 0.15) is 5.75 Å². The van der Waals surface area contributed by atoms with Gasteiger partial charge in [-0.05, 0) is 53.6 Å². The third kappa shape index (κ3) is 7.64. The largest absolute Gasteiger partial charge is 0.494 e. The van der Waals surface area contributed by atoms with Crippen molar-refractivity contribution in [3.05, 3.63) is 135 Å². The molecule has 1 aliphatic rings. The second-order valence-electron chi connectivity index (χ2n) is 10.6. The zero-order chi connectivity index (χ0) is 32.7. The number of halogens is 5. The summed E-state index contributed by atoms with van der Waals surface area (Å²) in [6.45, 7) is 0.0439. The van der Waals surface area contributed by atoms with Crippen LogP contribution in [0.2, 0.25) is 10.0 Å². The number of alkyl halides is 3. The molecule has 2 atom stereocenters. The van der Waals surface area contributed by atoms with Gasteiger partial charge in [0, 0.05) is 47.2 Å². The molecule has 4 aromatic rings. The molecule has 0 saturated heterocycles. The van der Waals surface area contributed by atoms with Gasteiger partial charge in [0.2, 0.25) is 5.90 Å². The highest BCUT2D eigenvalue weighted by Gasteiger charge is 2.54. The molecule has 7 nitrogen and oxygen atoms in total. The van der Waals surface area contributed by atoms with E-state index in [0.29, 0.717) is 34.9 Å². The number of aliphatic hydroxyl groups excluding tert-OH is 1. The lowest BCUT2D eigenvalue weighted by atomic mass is 9.82. The minimum atomic E-state index is -4.56. The highest BCUT2D eigenvalue weighted by molar-refractivity contribution is 6.35. The standard InChI is InChI=1S/C34H30Cl2F3N3O4/c35-25-13-16-27(29(36)19-25)30-33(20-22-7-2-1-3-8-22,32(44)42-40-21-24-9-4-5-10-28(24)34(37,38)39)41-31(46-30)23-11-14-26(15-12-23)45-18-6-17-43/h1-5,7-16,19,30,40,43H,6,17-18,20-21H2,(H,42,44)/t30-,33-/m0/s1. The normalized spacial score (nSPS) is 17.7. The van der Waals surface area contributed by atoms with Gasteiger partial charge < -0.3 is 14.6 Å². The Hall–Kier alpha value is -4.09. The van der Waals surface area contributed by atoms with E-state index in [-0.39, 0.29) is 36.1 Å². The third-order valence-electron chi connectivity index (χ3n) is 7.39. The summed E-state index contributed by atoms with van der Waals surface area (Å²) in [6, 6.07) is 26.0. The molecule has 12 heteroatoms. The predicted molar refractivity (Wildman–Crippen MR) is 170 cm³/mol. The number of hydrogen-bond donors (Lipinski definition) is 3. The minimum Gasteiger partial charge on any atom is -0.494 e. The molecule has 0 fully saturated rings. The number of amides is 1. The van der Waals surface area contributed by atoms with Crippen molar-refractivity contribution in [2.24, 2.45) is 4.99 Å². The third-order valence-corrected chi connectivity index (χ3v) is 7.96. The lowest BCUT2D eigenvalue weighted by molar-refractivity contribution is -0.138. The molecule has 3 N–H and O–H groups in total. The van der Waals surface area contributed by atoms with E-state index in [1.807, 2.05) is 30.3 Å². The molecule has 46 heavy (non-hydrogen) atoms. The Morgan fingerprint density at radius 3 is 2.39 bits per heavy atom. The van der Waals surface area contributed by atoms with Gasteiger partial charge in [-0.2, -0.15) is 13.2 Å². The van der Waals surface area contributed by atoms with Gasteiger partial charge in [-0.1, -0.05) is 77.8 Å². The van der Waals surface area contributed by atoms with Crippen LogP contribution < -0.4 is 15.6 Å². The number of hydrazine groups is 1. The Kier molecular flexibility index (Phi) is 10.5. The number of aliphatic imine (C=N–C) groups is 1. The lowest BCUT2D eigenvalue weighted by Gasteiger charge is -2.31. The van der Waals surface area contributed by atoms with Crippen molar-refractivity contribution in [3.8, 4) is 5.75 Å². The van der Waals surface area contributed by atoms with Crippen LogP contribution in [0.25, 0.3) is 0 Å². The first-order valence-corrected chi connectivity index (χ1v) is 15.1. The zero-order valence-electron chi connectivity index (χ0n) is 24.4. The summed E-state index contributed by atoms with van der Waals surface area (Å²) < 4.78 is 52.9. The van der Waals surface area contributed by atoms with Crippen LogP contribution >= 0.6 is 23.2 Å². The van der Waals surface area contributed by atoms with Crippen molar-refractivity contribution in [1.29, 1.82) is 0 Å². The van der Waals surface area contributed by atoms with Crippen LogP contribution in [-0.2, 0) is 28.7 Å². The van der Waals surface area contributed by atoms with Crippen molar-refractivity contribution in [1.82, 2.24) is 10.9 Å². The maximum atomic E-state index is 14.3. The number of carbonyl (C=O) groups excluding carboxylic acids is 1. The Morgan fingerprint density at radius 1 is 0.978 bits per heavy atom. The van der Waals surface area contributed by atoms with Gasteiger partial charge in [-0.3, -0.25) is 10.2 Å². The lowest BCUT2D eigenvalue weighted by Crippen LogP contribution is -2.53. The van der Waals surface area contributed by atoms with E-state index in [9.17, 15) is 18.0 Å². The van der Waals surface area contributed by atoms with Gasteiger partial charge in [-0.15, -0.1) is 0 Å². The minimum absolute atomic E-state index is 0.00658. The Balaban J connectivity index is 1.52. The number of hydrogen-bond acceptors (Lipinski definition) is 6. The van der Waals surface area contributed by atoms with Gasteiger partial charge in [0.15, 0.2) is 11.6 Å². The summed E-state index contributed by atoms with van der Waals surface area (Å²) in [5.41, 5.74) is 4.53. The molecule has 0 bridgehead atoms. The van der Waals surface area contributed by atoms with E-state index in [1.54, 1.807) is 36.4 Å². The summed E-state index contributed by atoms with van der Waals surface area (Å²) in [5.74, 6) is 0.0898. The van der Waals surface area contributed by atoms with Crippen LogP contribution in [0.4, 0.5) is 13.2 Å². The quantitative estimate of drug-likeness (QED) is 0.110. The van der Waals surface area contributed by atoms with Crippen LogP contribution in [0.5, 0.6) is 5.75 Å². The maximum absolute atomic E-state index is 14.3. The average molecular weight is 673 g/mol. The molecular weight excluding hydrogens is 642 g/mol. The first-order valence-electron chi connectivity index (χ1n) is 14.4. The number of carbonyl (C=O) groups is 1. The number of nitrogens with one attached hydrogen (secondary N) is 2. The summed E-state index contributed by atoms with van der Waals surface area (Å²) in [4.78, 5) is 19.2. The molecular formula is C34H30Cl2F3N3O4. The van der Waals surface area contributed by atoms with Crippen LogP contribution in [0.3, 0.4) is 0 Å². The van der Waals surface area contributed by atoms with Crippen LogP contribution in [0, 0.1) is 0 Å². The molecule has 0 unspecified atom stereocenters. The van der Waals surface area contributed by atoms with Crippen molar-refractivity contribution in [3.63, 3.8) is 0 Å². The summed E-state index contributed by atoms with van der Waals surface area (Å²) >= 11 is 12.9. The van der Waals surface area contributed by atoms with Gasteiger partial charge in [-0.25, -0.2) is 10.4 Å². The fourth-order valence-corrected chi connectivity index (χ4v) is 5.67. The molecule has 240 valence electrons. The number of aliphatic hydroxyl groups is 1. The highest BCUT2D eigenvalue weighted by Crippen LogP contribution is 2.45. The summed E-state index contributed by atoms with van der Waals surface area (Å²) in [6.07, 6.45) is -5.06. The second kappa shape index (κ2) is 14.6. The monoisotopic (exact) mass is 671 g/mol. The van der Waals surface area contributed by atoms with E-state index < -0.39 is 29.3 Å². The molecule has 0 radical (unpaired) electrons. The van der Waals surface area contributed by atoms with Crippen molar-refractivity contribution in [2.45, 2.75) is 37.2 Å². The number of nitrogens with zero attached hydrogens (tertiary/aromatic N) is 1. The van der Waals surface area contributed by atoms with E-state index in [4.69, 9.17) is 42.8 Å². The summed E-state index contributed by atoms with van der Waals surface area (Å²) in [5, 5.41) is 9.66. The second-order valence-corrected chi connectivity index (χ2v) is 11.4. The Bertz CT molecular complexity index is 1690. The maximum Gasteiger partial charge on any atom is 0.416 e. The van der Waals surface area contributed by atoms with E-state index in [1.165, 1.54) is 24.3 Å².